The van der Waals surface area contributed by atoms with Gasteiger partial charge in [0.05, 0.1) is 31.2 Å². The lowest BCUT2D eigenvalue weighted by Crippen LogP contribution is -2.21. The van der Waals surface area contributed by atoms with Crippen molar-refractivity contribution >= 4 is 23.4 Å². The Morgan fingerprint density at radius 1 is 1.07 bits per heavy atom. The number of ether oxygens (including phenoxy) is 2. The average molecular weight is 420 g/mol. The second kappa shape index (κ2) is 9.11. The Balaban J connectivity index is 1.85. The van der Waals surface area contributed by atoms with Crippen LogP contribution >= 0.6 is 0 Å². The van der Waals surface area contributed by atoms with Crippen molar-refractivity contribution in [2.45, 2.75) is 19.0 Å². The van der Waals surface area contributed by atoms with Crippen LogP contribution in [0.3, 0.4) is 0 Å². The molecule has 0 bridgehead atoms. The van der Waals surface area contributed by atoms with Gasteiger partial charge in [-0.15, -0.1) is 0 Å². The Morgan fingerprint density at radius 2 is 1.80 bits per heavy atom. The molecule has 1 heterocycles. The van der Waals surface area contributed by atoms with E-state index >= 15 is 0 Å². The smallest absolute Gasteiger partial charge is 0.416 e. The number of amides is 1. The van der Waals surface area contributed by atoms with Crippen LogP contribution < -0.4 is 19.7 Å². The molecule has 0 aromatic heterocycles. The first-order chi connectivity index (χ1) is 14.3. The van der Waals surface area contributed by atoms with Crippen molar-refractivity contribution < 1.29 is 27.4 Å². The molecule has 1 aliphatic heterocycles. The standard InChI is InChI=1S/C22H23F3N2O3/c1-29-17-7-9-20(30-2)15(13-17)5-10-21(28)26-18-14-16(22(23,24)25)6-8-19(18)27-11-3-4-12-27/h5-10,13-14H,3-4,11-12H2,1-2H3,(H,26,28)/b10-5+. The number of nitrogens with zero attached hydrogens (tertiary/aromatic N) is 1. The maximum atomic E-state index is 13.2. The summed E-state index contributed by atoms with van der Waals surface area (Å²) in [6.45, 7) is 1.48. The van der Waals surface area contributed by atoms with Gasteiger partial charge in [-0.25, -0.2) is 0 Å². The van der Waals surface area contributed by atoms with E-state index in [-0.39, 0.29) is 5.69 Å². The molecule has 8 heteroatoms. The Labute approximate surface area is 173 Å². The lowest BCUT2D eigenvalue weighted by Gasteiger charge is -2.22. The molecule has 2 aromatic rings. The molecule has 0 saturated carbocycles. The van der Waals surface area contributed by atoms with Crippen LogP contribution in [-0.4, -0.2) is 33.2 Å². The molecule has 0 aliphatic carbocycles. The van der Waals surface area contributed by atoms with Crippen molar-refractivity contribution in [3.05, 3.63) is 53.6 Å². The third-order valence-electron chi connectivity index (χ3n) is 4.88. The van der Waals surface area contributed by atoms with Gasteiger partial charge in [0.25, 0.3) is 0 Å². The van der Waals surface area contributed by atoms with Gasteiger partial charge in [-0.2, -0.15) is 13.2 Å². The summed E-state index contributed by atoms with van der Waals surface area (Å²) in [6.07, 6.45) is 0.214. The minimum absolute atomic E-state index is 0.138. The highest BCUT2D eigenvalue weighted by Gasteiger charge is 2.31. The van der Waals surface area contributed by atoms with Crippen LogP contribution in [0.2, 0.25) is 0 Å². The first-order valence-corrected chi connectivity index (χ1v) is 9.49. The molecule has 0 radical (unpaired) electrons. The summed E-state index contributed by atoms with van der Waals surface area (Å²) >= 11 is 0. The predicted octanol–water partition coefficient (Wildman–Crippen LogP) is 4.97. The molecule has 160 valence electrons. The summed E-state index contributed by atoms with van der Waals surface area (Å²) < 4.78 is 50.0. The van der Waals surface area contributed by atoms with Crippen molar-refractivity contribution in [2.75, 3.05) is 37.5 Å². The van der Waals surface area contributed by atoms with E-state index in [1.807, 2.05) is 4.90 Å². The highest BCUT2D eigenvalue weighted by Crippen LogP contribution is 2.36. The number of halogens is 3. The lowest BCUT2D eigenvalue weighted by molar-refractivity contribution is -0.137. The molecule has 1 aliphatic rings. The quantitative estimate of drug-likeness (QED) is 0.670. The summed E-state index contributed by atoms with van der Waals surface area (Å²) in [7, 11) is 3.03. The van der Waals surface area contributed by atoms with Crippen LogP contribution in [0.4, 0.5) is 24.5 Å². The third kappa shape index (κ3) is 5.06. The molecule has 3 rings (SSSR count). The van der Waals surface area contributed by atoms with Crippen molar-refractivity contribution in [1.29, 1.82) is 0 Å². The van der Waals surface area contributed by atoms with Crippen LogP contribution in [0.5, 0.6) is 11.5 Å². The Kier molecular flexibility index (Phi) is 6.54. The highest BCUT2D eigenvalue weighted by atomic mass is 19.4. The Hall–Kier alpha value is -3.16. The van der Waals surface area contributed by atoms with Gasteiger partial charge in [0.2, 0.25) is 5.91 Å². The molecule has 5 nitrogen and oxygen atoms in total. The Bertz CT molecular complexity index is 936. The summed E-state index contributed by atoms with van der Waals surface area (Å²) in [4.78, 5) is 14.5. The van der Waals surface area contributed by atoms with Crippen LogP contribution in [0.1, 0.15) is 24.0 Å². The van der Waals surface area contributed by atoms with E-state index in [4.69, 9.17) is 9.47 Å². The largest absolute Gasteiger partial charge is 0.497 e. The zero-order valence-corrected chi connectivity index (χ0v) is 16.8. The van der Waals surface area contributed by atoms with E-state index in [1.54, 1.807) is 18.2 Å². The van der Waals surface area contributed by atoms with E-state index in [1.165, 1.54) is 32.4 Å². The predicted molar refractivity (Wildman–Crippen MR) is 110 cm³/mol. The van der Waals surface area contributed by atoms with Crippen molar-refractivity contribution in [1.82, 2.24) is 0 Å². The molecule has 0 spiro atoms. The Morgan fingerprint density at radius 3 is 2.43 bits per heavy atom. The topological polar surface area (TPSA) is 50.8 Å². The number of methoxy groups -OCH3 is 2. The van der Waals surface area contributed by atoms with Gasteiger partial charge in [0, 0.05) is 24.7 Å². The van der Waals surface area contributed by atoms with Gasteiger partial charge in [-0.05, 0) is 55.3 Å². The van der Waals surface area contributed by atoms with Gasteiger partial charge < -0.3 is 19.7 Å². The van der Waals surface area contributed by atoms with Gasteiger partial charge in [-0.3, -0.25) is 4.79 Å². The van der Waals surface area contributed by atoms with E-state index < -0.39 is 17.6 Å². The van der Waals surface area contributed by atoms with Crippen LogP contribution in [0, 0.1) is 0 Å². The number of alkyl halides is 3. The minimum Gasteiger partial charge on any atom is -0.497 e. The number of benzene rings is 2. The molecule has 1 N–H and O–H groups in total. The maximum Gasteiger partial charge on any atom is 0.416 e. The summed E-state index contributed by atoms with van der Waals surface area (Å²) in [5.74, 6) is 0.585. The molecule has 30 heavy (non-hydrogen) atoms. The molecule has 2 aromatic carbocycles. The number of nitrogens with one attached hydrogen (secondary N) is 1. The number of hydrogen-bond acceptors (Lipinski definition) is 4. The van der Waals surface area contributed by atoms with Crippen molar-refractivity contribution in [2.24, 2.45) is 0 Å². The molecule has 0 atom stereocenters. The normalized spacial score (nSPS) is 14.2. The number of anilines is 2. The van der Waals surface area contributed by atoms with Crippen molar-refractivity contribution in [3.63, 3.8) is 0 Å². The number of rotatable bonds is 6. The SMILES string of the molecule is COc1ccc(OC)c(/C=C/C(=O)Nc2cc(C(F)(F)F)ccc2N2CCCC2)c1. The van der Waals surface area contributed by atoms with E-state index in [2.05, 4.69) is 5.32 Å². The summed E-state index contributed by atoms with van der Waals surface area (Å²) in [5.41, 5.74) is 0.523. The molecular weight excluding hydrogens is 397 g/mol. The fourth-order valence-corrected chi connectivity index (χ4v) is 3.36. The first kappa shape index (κ1) is 21.5. The highest BCUT2D eigenvalue weighted by molar-refractivity contribution is 6.04. The minimum atomic E-state index is -4.49. The van der Waals surface area contributed by atoms with E-state index in [0.717, 1.165) is 38.1 Å². The fourth-order valence-electron chi connectivity index (χ4n) is 3.36. The molecular formula is C22H23F3N2O3. The molecule has 1 fully saturated rings. The number of hydrogen-bond donors (Lipinski definition) is 1. The summed E-state index contributed by atoms with van der Waals surface area (Å²) in [6, 6.07) is 8.56. The second-order valence-electron chi connectivity index (χ2n) is 6.85. The third-order valence-corrected chi connectivity index (χ3v) is 4.88. The van der Waals surface area contributed by atoms with Crippen LogP contribution in [-0.2, 0) is 11.0 Å². The molecule has 1 saturated heterocycles. The average Bonchev–Trinajstić information content (AvgIpc) is 3.26. The van der Waals surface area contributed by atoms with E-state index in [0.29, 0.717) is 22.7 Å². The van der Waals surface area contributed by atoms with E-state index in [9.17, 15) is 18.0 Å². The summed E-state index contributed by atoms with van der Waals surface area (Å²) in [5, 5.41) is 2.60. The lowest BCUT2D eigenvalue weighted by atomic mass is 10.1. The van der Waals surface area contributed by atoms with Gasteiger partial charge in [-0.1, -0.05) is 0 Å². The monoisotopic (exact) mass is 420 g/mol. The molecule has 0 unspecified atom stereocenters. The second-order valence-corrected chi connectivity index (χ2v) is 6.85. The van der Waals surface area contributed by atoms with Crippen LogP contribution in [0.25, 0.3) is 6.08 Å². The van der Waals surface area contributed by atoms with Gasteiger partial charge in [0.15, 0.2) is 0 Å². The molecule has 1 amide bonds. The fraction of sp³-hybridized carbons (Fsp3) is 0.318. The van der Waals surface area contributed by atoms with Crippen molar-refractivity contribution in [3.8, 4) is 11.5 Å². The first-order valence-electron chi connectivity index (χ1n) is 9.49. The van der Waals surface area contributed by atoms with Gasteiger partial charge in [0.1, 0.15) is 11.5 Å². The number of carbonyl (C=O) groups excluding carboxylic acids is 1. The zero-order chi connectivity index (χ0) is 21.7. The maximum absolute atomic E-state index is 13.2. The van der Waals surface area contributed by atoms with Crippen LogP contribution in [0.15, 0.2) is 42.5 Å². The zero-order valence-electron chi connectivity index (χ0n) is 16.8. The number of carbonyl (C=O) groups is 1. The van der Waals surface area contributed by atoms with Gasteiger partial charge >= 0.3 is 6.18 Å².